The first-order chi connectivity index (χ1) is 32.6. The van der Waals surface area contributed by atoms with Crippen LogP contribution in [0.1, 0.15) is 11.1 Å². The molecule has 3 heterocycles. The van der Waals surface area contributed by atoms with Crippen LogP contribution >= 0.6 is 0 Å². The maximum atomic E-state index is 6.73. The van der Waals surface area contributed by atoms with E-state index in [1.165, 1.54) is 44.1 Å². The number of anilines is 3. The van der Waals surface area contributed by atoms with Crippen LogP contribution in [0.15, 0.2) is 227 Å². The quantitative estimate of drug-likeness (QED) is 0.160. The van der Waals surface area contributed by atoms with Crippen LogP contribution in [0.5, 0.6) is 0 Å². The molecule has 0 bridgehead atoms. The summed E-state index contributed by atoms with van der Waals surface area (Å²) >= 11 is 0. The Kier molecular flexibility index (Phi) is 8.62. The molecule has 0 aliphatic heterocycles. The van der Waals surface area contributed by atoms with Crippen LogP contribution in [0.25, 0.3) is 105 Å². The number of hydrogen-bond acceptors (Lipinski definition) is 3. The fourth-order valence-corrected chi connectivity index (χ4v) is 10.4. The summed E-state index contributed by atoms with van der Waals surface area (Å²) in [5.74, 6) is 0. The van der Waals surface area contributed by atoms with Crippen molar-refractivity contribution in [1.29, 1.82) is 0 Å². The second kappa shape index (κ2) is 15.0. The van der Waals surface area contributed by atoms with E-state index in [1.807, 2.05) is 12.1 Å². The molecule has 10 aromatic carbocycles. The summed E-state index contributed by atoms with van der Waals surface area (Å²) in [6, 6.07) is 78.2. The first kappa shape index (κ1) is 37.9. The van der Waals surface area contributed by atoms with Crippen molar-refractivity contribution in [3.8, 4) is 39.1 Å². The van der Waals surface area contributed by atoms with Crippen molar-refractivity contribution in [1.82, 2.24) is 4.57 Å². The normalized spacial score (nSPS) is 11.8. The Labute approximate surface area is 381 Å². The third-order valence-corrected chi connectivity index (χ3v) is 13.6. The molecule has 0 amide bonds. The van der Waals surface area contributed by atoms with Crippen LogP contribution in [0.3, 0.4) is 0 Å². The molecule has 0 unspecified atom stereocenters. The lowest BCUT2D eigenvalue weighted by molar-refractivity contribution is 0.669. The number of aromatic nitrogens is 1. The van der Waals surface area contributed by atoms with Gasteiger partial charge in [-0.1, -0.05) is 140 Å². The van der Waals surface area contributed by atoms with E-state index < -0.39 is 0 Å². The van der Waals surface area contributed by atoms with Gasteiger partial charge in [0.1, 0.15) is 22.3 Å². The fraction of sp³-hybridized carbons (Fsp3) is 0.0323. The maximum absolute atomic E-state index is 6.73. The van der Waals surface area contributed by atoms with Crippen LogP contribution in [-0.2, 0) is 0 Å². The van der Waals surface area contributed by atoms with E-state index in [0.29, 0.717) is 0 Å². The Bertz CT molecular complexity index is 4020. The van der Waals surface area contributed by atoms with Gasteiger partial charge in [-0.25, -0.2) is 0 Å². The largest absolute Gasteiger partial charge is 0.456 e. The van der Waals surface area contributed by atoms with Crippen LogP contribution < -0.4 is 4.90 Å². The molecule has 0 spiro atoms. The summed E-state index contributed by atoms with van der Waals surface area (Å²) in [5.41, 5.74) is 19.5. The van der Waals surface area contributed by atoms with Crippen LogP contribution in [0, 0.1) is 13.8 Å². The number of aryl methyl sites for hydroxylation is 1. The Hall–Kier alpha value is -8.60. The Balaban J connectivity index is 0.993. The minimum Gasteiger partial charge on any atom is -0.456 e. The maximum Gasteiger partial charge on any atom is 0.143 e. The summed E-state index contributed by atoms with van der Waals surface area (Å²) < 4.78 is 15.6. The Morgan fingerprint density at radius 3 is 1.85 bits per heavy atom. The van der Waals surface area contributed by atoms with Gasteiger partial charge in [0, 0.05) is 49.6 Å². The molecule has 0 saturated carbocycles. The average molecular weight is 847 g/mol. The number of fused-ring (bicyclic) bond motifs is 9. The second-order valence-electron chi connectivity index (χ2n) is 17.3. The molecule has 0 aliphatic carbocycles. The molecule has 0 saturated heterocycles. The van der Waals surface area contributed by atoms with Crippen molar-refractivity contribution in [2.24, 2.45) is 0 Å². The van der Waals surface area contributed by atoms with Crippen LogP contribution in [-0.4, -0.2) is 4.57 Å². The van der Waals surface area contributed by atoms with Crippen molar-refractivity contribution in [3.05, 3.63) is 230 Å². The van der Waals surface area contributed by atoms with E-state index in [0.717, 1.165) is 88.9 Å². The van der Waals surface area contributed by atoms with Gasteiger partial charge in [0.15, 0.2) is 0 Å². The first-order valence-corrected chi connectivity index (χ1v) is 22.6. The zero-order chi connectivity index (χ0) is 43.9. The fourth-order valence-electron chi connectivity index (χ4n) is 10.4. The Morgan fingerprint density at radius 2 is 0.985 bits per heavy atom. The van der Waals surface area contributed by atoms with Gasteiger partial charge in [-0.05, 0) is 132 Å². The second-order valence-corrected chi connectivity index (χ2v) is 17.3. The third kappa shape index (κ3) is 5.92. The summed E-state index contributed by atoms with van der Waals surface area (Å²) in [7, 11) is 0. The van der Waals surface area contributed by atoms with E-state index in [4.69, 9.17) is 8.83 Å². The SMILES string of the molecule is Cc1ccccc1-c1cccc(N(c2ccc(-c3cccc4c3oc3ccccc34)cc2)c2cccc3oc4ccc(-c5ccc6c(c5)c5ccccc5n6-c5ccccc5)cc4c23)c1C. The van der Waals surface area contributed by atoms with Gasteiger partial charge in [-0.2, -0.15) is 0 Å². The molecule has 66 heavy (non-hydrogen) atoms. The molecule has 4 nitrogen and oxygen atoms in total. The molecule has 0 radical (unpaired) electrons. The summed E-state index contributed by atoms with van der Waals surface area (Å²) in [4.78, 5) is 2.41. The Morgan fingerprint density at radius 1 is 0.379 bits per heavy atom. The number of nitrogens with zero attached hydrogens (tertiary/aromatic N) is 2. The monoisotopic (exact) mass is 846 g/mol. The van der Waals surface area contributed by atoms with Crippen molar-refractivity contribution in [3.63, 3.8) is 0 Å². The van der Waals surface area contributed by atoms with Gasteiger partial charge >= 0.3 is 0 Å². The highest BCUT2D eigenvalue weighted by Gasteiger charge is 2.23. The van der Waals surface area contributed by atoms with E-state index in [-0.39, 0.29) is 0 Å². The highest BCUT2D eigenvalue weighted by Crippen LogP contribution is 2.47. The molecule has 0 atom stereocenters. The minimum atomic E-state index is 0.840. The average Bonchev–Trinajstić information content (AvgIpc) is 4.05. The summed E-state index contributed by atoms with van der Waals surface area (Å²) in [6.45, 7) is 4.44. The highest BCUT2D eigenvalue weighted by molar-refractivity contribution is 6.16. The molecular weight excluding hydrogens is 805 g/mol. The zero-order valence-electron chi connectivity index (χ0n) is 36.5. The molecule has 13 rings (SSSR count). The summed E-state index contributed by atoms with van der Waals surface area (Å²) in [6.07, 6.45) is 0. The molecule has 0 fully saturated rings. The lowest BCUT2D eigenvalue weighted by atomic mass is 9.94. The zero-order valence-corrected chi connectivity index (χ0v) is 36.5. The highest BCUT2D eigenvalue weighted by atomic mass is 16.3. The number of benzene rings is 10. The van der Waals surface area contributed by atoms with Crippen LogP contribution in [0.2, 0.25) is 0 Å². The van der Waals surface area contributed by atoms with Gasteiger partial charge in [0.05, 0.1) is 22.1 Å². The van der Waals surface area contributed by atoms with Crippen LogP contribution in [0.4, 0.5) is 17.1 Å². The molecular formula is C62H42N2O2. The molecule has 312 valence electrons. The molecule has 13 aromatic rings. The first-order valence-electron chi connectivity index (χ1n) is 22.6. The van der Waals surface area contributed by atoms with E-state index in [1.54, 1.807) is 0 Å². The lowest BCUT2D eigenvalue weighted by Crippen LogP contribution is -2.12. The topological polar surface area (TPSA) is 34.5 Å². The van der Waals surface area contributed by atoms with Gasteiger partial charge in [-0.3, -0.25) is 0 Å². The van der Waals surface area contributed by atoms with Gasteiger partial charge < -0.3 is 18.3 Å². The number of rotatable bonds is 7. The van der Waals surface area contributed by atoms with E-state index in [9.17, 15) is 0 Å². The predicted octanol–water partition coefficient (Wildman–Crippen LogP) is 17.7. The summed E-state index contributed by atoms with van der Waals surface area (Å²) in [5, 5.41) is 6.83. The molecule has 0 N–H and O–H groups in total. The van der Waals surface area contributed by atoms with Gasteiger partial charge in [0.2, 0.25) is 0 Å². The van der Waals surface area contributed by atoms with Crippen molar-refractivity contribution in [2.75, 3.05) is 4.90 Å². The molecule has 4 heteroatoms. The standard InChI is InChI=1S/C62H42N2O2/c1-39-15-6-7-18-46(39)47-21-13-25-54(40(47)2)63(45-33-29-41(30-34-45)48-22-12-23-51-50-20-9-11-27-58(50)66-62(48)51)57-26-14-28-60-61(57)53-38-43(32-36-59(53)65-60)42-31-35-56-52(37-42)49-19-8-10-24-55(49)64(56)44-16-4-3-5-17-44/h3-38H,1-2H3. The number of hydrogen-bond donors (Lipinski definition) is 0. The predicted molar refractivity (Wildman–Crippen MR) is 276 cm³/mol. The van der Waals surface area contributed by atoms with Crippen molar-refractivity contribution in [2.45, 2.75) is 13.8 Å². The van der Waals surface area contributed by atoms with E-state index >= 15 is 0 Å². The number of para-hydroxylation sites is 4. The number of furan rings is 2. The molecule has 3 aromatic heterocycles. The molecule has 0 aliphatic rings. The minimum absolute atomic E-state index is 0.840. The van der Waals surface area contributed by atoms with Gasteiger partial charge in [0.25, 0.3) is 0 Å². The smallest absolute Gasteiger partial charge is 0.143 e. The lowest BCUT2D eigenvalue weighted by Gasteiger charge is -2.29. The third-order valence-electron chi connectivity index (χ3n) is 13.6. The van der Waals surface area contributed by atoms with Crippen molar-refractivity contribution < 1.29 is 8.83 Å². The van der Waals surface area contributed by atoms with E-state index in [2.05, 4.69) is 230 Å². The van der Waals surface area contributed by atoms with Gasteiger partial charge in [-0.15, -0.1) is 0 Å². The van der Waals surface area contributed by atoms with Crippen molar-refractivity contribution >= 4 is 82.7 Å².